The number of ether oxygens (including phenoxy) is 2. The number of rotatable bonds is 8. The maximum atomic E-state index is 12.5. The lowest BCUT2D eigenvalue weighted by molar-refractivity contribution is -0.112. The highest BCUT2D eigenvalue weighted by molar-refractivity contribution is 6.11. The second-order valence-electron chi connectivity index (χ2n) is 5.93. The van der Waals surface area contributed by atoms with E-state index in [4.69, 9.17) is 9.47 Å². The largest absolute Gasteiger partial charge is 0.494 e. The summed E-state index contributed by atoms with van der Waals surface area (Å²) in [6.45, 7) is 2.74. The maximum absolute atomic E-state index is 12.5. The second kappa shape index (κ2) is 10.5. The summed E-state index contributed by atoms with van der Waals surface area (Å²) >= 11 is 0. The van der Waals surface area contributed by atoms with E-state index in [1.165, 1.54) is 19.3 Å². The topological polar surface area (TPSA) is 88.4 Å². The molecule has 0 aliphatic heterocycles. The molecule has 0 radical (unpaired) electrons. The van der Waals surface area contributed by atoms with Crippen molar-refractivity contribution in [3.63, 3.8) is 0 Å². The van der Waals surface area contributed by atoms with Crippen molar-refractivity contribution in [2.75, 3.05) is 19.0 Å². The number of carbonyl (C=O) groups is 2. The number of benzene rings is 2. The Kier molecular flexibility index (Phi) is 7.79. The molecule has 144 valence electrons. The summed E-state index contributed by atoms with van der Waals surface area (Å²) in [5, 5.41) is 12.0. The smallest absolute Gasteiger partial charge is 0.339 e. The second-order valence-corrected chi connectivity index (χ2v) is 5.93. The van der Waals surface area contributed by atoms with Crippen molar-refractivity contribution in [3.05, 3.63) is 65.2 Å². The van der Waals surface area contributed by atoms with Gasteiger partial charge in [0.25, 0.3) is 5.91 Å². The summed E-state index contributed by atoms with van der Waals surface area (Å²) in [6, 6.07) is 15.5. The minimum Gasteiger partial charge on any atom is -0.494 e. The molecule has 0 saturated carbocycles. The lowest BCUT2D eigenvalue weighted by Gasteiger charge is -2.09. The fourth-order valence-corrected chi connectivity index (χ4v) is 2.38. The maximum Gasteiger partial charge on any atom is 0.339 e. The molecular formula is C22H22N2O4. The van der Waals surface area contributed by atoms with Crippen LogP contribution in [-0.2, 0) is 9.53 Å². The molecule has 6 heteroatoms. The van der Waals surface area contributed by atoms with Crippen LogP contribution < -0.4 is 10.1 Å². The number of unbranched alkanes of at least 4 members (excludes halogenated alkanes) is 1. The zero-order chi connectivity index (χ0) is 20.4. The lowest BCUT2D eigenvalue weighted by atomic mass is 10.1. The molecule has 0 saturated heterocycles. The highest BCUT2D eigenvalue weighted by atomic mass is 16.5. The van der Waals surface area contributed by atoms with Crippen molar-refractivity contribution < 1.29 is 19.1 Å². The van der Waals surface area contributed by atoms with E-state index in [1.807, 2.05) is 6.07 Å². The summed E-state index contributed by atoms with van der Waals surface area (Å²) in [4.78, 5) is 24.3. The standard InChI is InChI=1S/C22H22N2O4/c1-3-4-13-28-18-11-9-16(10-12-18)14-17(15-23)21(25)24-20-8-6-5-7-19(20)22(26)27-2/h5-12,14H,3-4,13H2,1-2H3,(H,24,25). The molecule has 0 aromatic heterocycles. The molecule has 28 heavy (non-hydrogen) atoms. The number of methoxy groups -OCH3 is 1. The minimum absolute atomic E-state index is 0.0840. The van der Waals surface area contributed by atoms with Crippen LogP contribution in [0.5, 0.6) is 5.75 Å². The zero-order valence-electron chi connectivity index (χ0n) is 15.9. The molecule has 0 bridgehead atoms. The Hall–Kier alpha value is -3.59. The van der Waals surface area contributed by atoms with E-state index in [2.05, 4.69) is 12.2 Å². The first kappa shape index (κ1) is 20.7. The summed E-state index contributed by atoms with van der Waals surface area (Å²) in [7, 11) is 1.26. The van der Waals surface area contributed by atoms with Gasteiger partial charge in [-0.1, -0.05) is 37.6 Å². The van der Waals surface area contributed by atoms with E-state index >= 15 is 0 Å². The lowest BCUT2D eigenvalue weighted by Crippen LogP contribution is -2.16. The van der Waals surface area contributed by atoms with Crippen molar-refractivity contribution in [2.24, 2.45) is 0 Å². The number of anilines is 1. The number of hydrogen-bond donors (Lipinski definition) is 1. The van der Waals surface area contributed by atoms with Crippen molar-refractivity contribution in [2.45, 2.75) is 19.8 Å². The first-order valence-corrected chi connectivity index (χ1v) is 8.92. The highest BCUT2D eigenvalue weighted by Gasteiger charge is 2.15. The van der Waals surface area contributed by atoms with Crippen LogP contribution in [0.25, 0.3) is 6.08 Å². The van der Waals surface area contributed by atoms with Gasteiger partial charge < -0.3 is 14.8 Å². The highest BCUT2D eigenvalue weighted by Crippen LogP contribution is 2.19. The van der Waals surface area contributed by atoms with Gasteiger partial charge in [0.1, 0.15) is 17.4 Å². The number of hydrogen-bond acceptors (Lipinski definition) is 5. The molecule has 0 aliphatic rings. The van der Waals surface area contributed by atoms with E-state index in [-0.39, 0.29) is 16.8 Å². The summed E-state index contributed by atoms with van der Waals surface area (Å²) in [5.74, 6) is -0.445. The van der Waals surface area contributed by atoms with E-state index in [0.29, 0.717) is 12.2 Å². The number of amides is 1. The van der Waals surface area contributed by atoms with Gasteiger partial charge in [-0.05, 0) is 42.3 Å². The molecule has 2 rings (SSSR count). The predicted molar refractivity (Wildman–Crippen MR) is 107 cm³/mol. The number of nitrogens with zero attached hydrogens (tertiary/aromatic N) is 1. The van der Waals surface area contributed by atoms with Crippen LogP contribution in [0.1, 0.15) is 35.7 Å². The monoisotopic (exact) mass is 378 g/mol. The molecule has 0 spiro atoms. The Morgan fingerprint density at radius 1 is 1.14 bits per heavy atom. The Balaban J connectivity index is 2.14. The third-order valence-electron chi connectivity index (χ3n) is 3.90. The van der Waals surface area contributed by atoms with Gasteiger partial charge in [-0.15, -0.1) is 0 Å². The summed E-state index contributed by atoms with van der Waals surface area (Å²) in [6.07, 6.45) is 3.51. The molecule has 2 aromatic rings. The van der Waals surface area contributed by atoms with Crippen LogP contribution in [-0.4, -0.2) is 25.6 Å². The number of nitriles is 1. The minimum atomic E-state index is -0.609. The van der Waals surface area contributed by atoms with Gasteiger partial charge in [0.15, 0.2) is 0 Å². The van der Waals surface area contributed by atoms with Gasteiger partial charge in [-0.25, -0.2) is 4.79 Å². The molecule has 0 aliphatic carbocycles. The molecule has 6 nitrogen and oxygen atoms in total. The first-order chi connectivity index (χ1) is 13.6. The fraction of sp³-hybridized carbons (Fsp3) is 0.227. The van der Waals surface area contributed by atoms with E-state index in [9.17, 15) is 14.9 Å². The van der Waals surface area contributed by atoms with Crippen LogP contribution >= 0.6 is 0 Å². The average molecular weight is 378 g/mol. The SMILES string of the molecule is CCCCOc1ccc(C=C(C#N)C(=O)Nc2ccccc2C(=O)OC)cc1. The van der Waals surface area contributed by atoms with Crippen molar-refractivity contribution >= 4 is 23.6 Å². The molecule has 0 atom stereocenters. The molecule has 0 heterocycles. The fourth-order valence-electron chi connectivity index (χ4n) is 2.38. The van der Waals surface area contributed by atoms with E-state index in [1.54, 1.807) is 42.5 Å². The van der Waals surface area contributed by atoms with Gasteiger partial charge >= 0.3 is 5.97 Å². The van der Waals surface area contributed by atoms with Crippen LogP contribution in [0.4, 0.5) is 5.69 Å². The summed E-state index contributed by atoms with van der Waals surface area (Å²) < 4.78 is 10.3. The zero-order valence-corrected chi connectivity index (χ0v) is 15.9. The quantitative estimate of drug-likeness (QED) is 0.322. The summed E-state index contributed by atoms with van der Waals surface area (Å²) in [5.41, 5.74) is 1.10. The van der Waals surface area contributed by atoms with Crippen LogP contribution in [0.15, 0.2) is 54.1 Å². The molecule has 1 amide bonds. The van der Waals surface area contributed by atoms with Crippen LogP contribution in [0.3, 0.4) is 0 Å². The molecular weight excluding hydrogens is 356 g/mol. The van der Waals surface area contributed by atoms with Crippen LogP contribution in [0, 0.1) is 11.3 Å². The molecule has 0 fully saturated rings. The van der Waals surface area contributed by atoms with Crippen molar-refractivity contribution in [1.82, 2.24) is 0 Å². The van der Waals surface area contributed by atoms with Gasteiger partial charge in [0.2, 0.25) is 0 Å². The molecule has 2 aromatic carbocycles. The third-order valence-corrected chi connectivity index (χ3v) is 3.90. The number of carbonyl (C=O) groups excluding carboxylic acids is 2. The normalized spacial score (nSPS) is 10.7. The van der Waals surface area contributed by atoms with Crippen molar-refractivity contribution in [1.29, 1.82) is 5.26 Å². The van der Waals surface area contributed by atoms with Gasteiger partial charge in [0.05, 0.1) is 25.0 Å². The average Bonchev–Trinajstić information content (AvgIpc) is 2.73. The number of nitrogens with one attached hydrogen (secondary N) is 1. The predicted octanol–water partition coefficient (Wildman–Crippen LogP) is 4.20. The number of esters is 1. The third kappa shape index (κ3) is 5.71. The van der Waals surface area contributed by atoms with E-state index in [0.717, 1.165) is 18.6 Å². The van der Waals surface area contributed by atoms with E-state index < -0.39 is 11.9 Å². The first-order valence-electron chi connectivity index (χ1n) is 8.92. The van der Waals surface area contributed by atoms with Crippen LogP contribution in [0.2, 0.25) is 0 Å². The Bertz CT molecular complexity index is 895. The molecule has 1 N–H and O–H groups in total. The van der Waals surface area contributed by atoms with Gasteiger partial charge in [-0.3, -0.25) is 4.79 Å². The van der Waals surface area contributed by atoms with Gasteiger partial charge in [0, 0.05) is 0 Å². The van der Waals surface area contributed by atoms with Gasteiger partial charge in [-0.2, -0.15) is 5.26 Å². The number of para-hydroxylation sites is 1. The van der Waals surface area contributed by atoms with Crippen molar-refractivity contribution in [3.8, 4) is 11.8 Å². The molecule has 0 unspecified atom stereocenters. The Labute approximate surface area is 164 Å². The Morgan fingerprint density at radius 3 is 2.50 bits per heavy atom. The Morgan fingerprint density at radius 2 is 1.86 bits per heavy atom.